The van der Waals surface area contributed by atoms with Gasteiger partial charge >= 0.3 is 0 Å². The molecule has 0 bridgehead atoms. The van der Waals surface area contributed by atoms with Gasteiger partial charge < -0.3 is 14.8 Å². The molecule has 0 radical (unpaired) electrons. The molecule has 9 nitrogen and oxygen atoms in total. The summed E-state index contributed by atoms with van der Waals surface area (Å²) in [6.07, 6.45) is 3.87. The monoisotopic (exact) mass is 494 g/mol. The topological polar surface area (TPSA) is 104 Å². The molecule has 0 saturated heterocycles. The van der Waals surface area contributed by atoms with Crippen LogP contribution in [0.4, 0.5) is 4.39 Å². The normalized spacial score (nSPS) is 10.7. The number of hydrogen-bond donors (Lipinski definition) is 1. The molecule has 2 aromatic heterocycles. The average Bonchev–Trinajstić information content (AvgIpc) is 3.32. The van der Waals surface area contributed by atoms with Gasteiger partial charge in [0.2, 0.25) is 0 Å². The smallest absolute Gasteiger partial charge is 0.273 e. The molecule has 2 aromatic carbocycles. The van der Waals surface area contributed by atoms with Crippen molar-refractivity contribution in [3.8, 4) is 17.2 Å². The zero-order valence-electron chi connectivity index (χ0n) is 19.1. The van der Waals surface area contributed by atoms with E-state index in [4.69, 9.17) is 9.47 Å². The van der Waals surface area contributed by atoms with Gasteiger partial charge in [-0.05, 0) is 54.4 Å². The first kappa shape index (κ1) is 24.1. The SMILES string of the molecule is COc1ccc(CCNC(=O)c2nnn(-c3ccc(F)cc3)c2CSc2ncccn2)cc1OC. The predicted molar refractivity (Wildman–Crippen MR) is 128 cm³/mol. The van der Waals surface area contributed by atoms with E-state index in [-0.39, 0.29) is 17.4 Å². The molecule has 1 N–H and O–H groups in total. The van der Waals surface area contributed by atoms with E-state index in [9.17, 15) is 9.18 Å². The summed E-state index contributed by atoms with van der Waals surface area (Å²) in [7, 11) is 3.16. The third-order valence-electron chi connectivity index (χ3n) is 5.08. The number of aromatic nitrogens is 5. The van der Waals surface area contributed by atoms with Crippen LogP contribution in [-0.4, -0.2) is 51.6 Å². The molecule has 1 amide bonds. The molecular formula is C24H23FN6O3S. The maximum absolute atomic E-state index is 13.4. The Kier molecular flexibility index (Phi) is 7.88. The Balaban J connectivity index is 1.50. The summed E-state index contributed by atoms with van der Waals surface area (Å²) in [5.41, 5.74) is 2.31. The lowest BCUT2D eigenvalue weighted by Crippen LogP contribution is -2.27. The Morgan fingerprint density at radius 2 is 1.80 bits per heavy atom. The van der Waals surface area contributed by atoms with Gasteiger partial charge in [-0.25, -0.2) is 19.0 Å². The summed E-state index contributed by atoms with van der Waals surface area (Å²) >= 11 is 1.35. The lowest BCUT2D eigenvalue weighted by molar-refractivity contribution is 0.0948. The van der Waals surface area contributed by atoms with Crippen LogP contribution in [0.5, 0.6) is 11.5 Å². The van der Waals surface area contributed by atoms with Crippen LogP contribution in [-0.2, 0) is 12.2 Å². The number of benzene rings is 2. The molecular weight excluding hydrogens is 471 g/mol. The van der Waals surface area contributed by atoms with Crippen molar-refractivity contribution >= 4 is 17.7 Å². The van der Waals surface area contributed by atoms with Crippen molar-refractivity contribution in [1.29, 1.82) is 0 Å². The van der Waals surface area contributed by atoms with Crippen molar-refractivity contribution < 1.29 is 18.7 Å². The second-order valence-corrected chi connectivity index (χ2v) is 8.23. The summed E-state index contributed by atoms with van der Waals surface area (Å²) in [6, 6.07) is 13.2. The highest BCUT2D eigenvalue weighted by molar-refractivity contribution is 7.98. The van der Waals surface area contributed by atoms with E-state index in [2.05, 4.69) is 25.6 Å². The number of thioether (sulfide) groups is 1. The number of ether oxygens (including phenoxy) is 2. The van der Waals surface area contributed by atoms with Crippen molar-refractivity contribution in [2.24, 2.45) is 0 Å². The lowest BCUT2D eigenvalue weighted by Gasteiger charge is -2.10. The van der Waals surface area contributed by atoms with E-state index in [0.717, 1.165) is 5.56 Å². The largest absolute Gasteiger partial charge is 0.493 e. The predicted octanol–water partition coefficient (Wildman–Crippen LogP) is 3.48. The van der Waals surface area contributed by atoms with Crippen molar-refractivity contribution in [2.45, 2.75) is 17.3 Å². The van der Waals surface area contributed by atoms with Gasteiger partial charge in [0.1, 0.15) is 5.82 Å². The van der Waals surface area contributed by atoms with Gasteiger partial charge in [0, 0.05) is 24.7 Å². The summed E-state index contributed by atoms with van der Waals surface area (Å²) in [5.74, 6) is 0.884. The highest BCUT2D eigenvalue weighted by Crippen LogP contribution is 2.27. The number of carbonyl (C=O) groups excluding carboxylic acids is 1. The van der Waals surface area contributed by atoms with Crippen molar-refractivity contribution in [3.63, 3.8) is 0 Å². The van der Waals surface area contributed by atoms with E-state index in [1.807, 2.05) is 18.2 Å². The van der Waals surface area contributed by atoms with Gasteiger partial charge in [-0.1, -0.05) is 23.0 Å². The Bertz CT molecular complexity index is 1280. The van der Waals surface area contributed by atoms with E-state index in [1.165, 1.54) is 28.6 Å². The molecule has 0 aliphatic heterocycles. The third kappa shape index (κ3) is 5.93. The van der Waals surface area contributed by atoms with Crippen molar-refractivity contribution in [1.82, 2.24) is 30.3 Å². The van der Waals surface area contributed by atoms with Crippen LogP contribution in [0.15, 0.2) is 66.1 Å². The second kappa shape index (κ2) is 11.4. The first-order chi connectivity index (χ1) is 17.1. The summed E-state index contributed by atoms with van der Waals surface area (Å²) in [6.45, 7) is 0.381. The fraction of sp³-hybridized carbons (Fsp3) is 0.208. The number of nitrogens with one attached hydrogen (secondary N) is 1. The molecule has 4 aromatic rings. The maximum atomic E-state index is 13.4. The summed E-state index contributed by atoms with van der Waals surface area (Å²) in [5, 5.41) is 11.7. The molecule has 180 valence electrons. The summed E-state index contributed by atoms with van der Waals surface area (Å²) < 4.78 is 25.6. The lowest BCUT2D eigenvalue weighted by atomic mass is 10.1. The molecule has 0 aliphatic rings. The van der Waals surface area contributed by atoms with Crippen LogP contribution in [0.25, 0.3) is 5.69 Å². The highest BCUT2D eigenvalue weighted by Gasteiger charge is 2.21. The number of amides is 1. The van der Waals surface area contributed by atoms with Gasteiger partial charge in [0.25, 0.3) is 5.91 Å². The van der Waals surface area contributed by atoms with Gasteiger partial charge in [-0.3, -0.25) is 4.79 Å². The third-order valence-corrected chi connectivity index (χ3v) is 5.96. The van der Waals surface area contributed by atoms with E-state index in [0.29, 0.717) is 46.8 Å². The Morgan fingerprint density at radius 3 is 2.51 bits per heavy atom. The second-order valence-electron chi connectivity index (χ2n) is 7.29. The minimum Gasteiger partial charge on any atom is -0.493 e. The van der Waals surface area contributed by atoms with E-state index >= 15 is 0 Å². The molecule has 0 atom stereocenters. The number of halogens is 1. The van der Waals surface area contributed by atoms with Gasteiger partial charge in [0.15, 0.2) is 22.3 Å². The van der Waals surface area contributed by atoms with Crippen LogP contribution in [0.2, 0.25) is 0 Å². The van der Waals surface area contributed by atoms with Gasteiger partial charge in [-0.2, -0.15) is 0 Å². The average molecular weight is 495 g/mol. The Labute approximate surface area is 205 Å². The first-order valence-electron chi connectivity index (χ1n) is 10.7. The minimum absolute atomic E-state index is 0.185. The molecule has 0 aliphatic carbocycles. The van der Waals surface area contributed by atoms with Crippen LogP contribution in [0, 0.1) is 5.82 Å². The van der Waals surface area contributed by atoms with E-state index in [1.54, 1.807) is 44.8 Å². The molecule has 2 heterocycles. The molecule has 0 spiro atoms. The molecule has 4 rings (SSSR count). The number of hydrogen-bond acceptors (Lipinski definition) is 8. The number of rotatable bonds is 10. The zero-order chi connectivity index (χ0) is 24.6. The molecule has 11 heteroatoms. The standard InChI is InChI=1S/C24H23FN6O3S/c1-33-20-9-4-16(14-21(20)34-2)10-13-26-23(32)22-19(15-35-24-27-11-3-12-28-24)31(30-29-22)18-7-5-17(25)6-8-18/h3-9,11-12,14H,10,13,15H2,1-2H3,(H,26,32). The van der Waals surface area contributed by atoms with Gasteiger partial charge in [0.05, 0.1) is 25.6 Å². The number of carbonyl (C=O) groups is 1. The number of nitrogens with zero attached hydrogens (tertiary/aromatic N) is 5. The van der Waals surface area contributed by atoms with Crippen LogP contribution >= 0.6 is 11.8 Å². The Morgan fingerprint density at radius 1 is 1.06 bits per heavy atom. The number of methoxy groups -OCH3 is 2. The van der Waals surface area contributed by atoms with Crippen molar-refractivity contribution in [3.05, 3.63) is 83.7 Å². The van der Waals surface area contributed by atoms with Crippen LogP contribution in [0.1, 0.15) is 21.7 Å². The molecule has 35 heavy (non-hydrogen) atoms. The quantitative estimate of drug-likeness (QED) is 0.264. The molecule has 0 unspecified atom stereocenters. The Hall–Kier alpha value is -3.99. The highest BCUT2D eigenvalue weighted by atomic mass is 32.2. The van der Waals surface area contributed by atoms with E-state index < -0.39 is 0 Å². The maximum Gasteiger partial charge on any atom is 0.273 e. The first-order valence-corrected chi connectivity index (χ1v) is 11.7. The fourth-order valence-electron chi connectivity index (χ4n) is 3.33. The van der Waals surface area contributed by atoms with Gasteiger partial charge in [-0.15, -0.1) is 5.10 Å². The summed E-state index contributed by atoms with van der Waals surface area (Å²) in [4.78, 5) is 21.4. The van der Waals surface area contributed by atoms with Crippen LogP contribution in [0.3, 0.4) is 0 Å². The van der Waals surface area contributed by atoms with Crippen molar-refractivity contribution in [2.75, 3.05) is 20.8 Å². The molecule has 0 saturated carbocycles. The zero-order valence-corrected chi connectivity index (χ0v) is 20.0. The fourth-order valence-corrected chi connectivity index (χ4v) is 4.13. The minimum atomic E-state index is -0.365. The van der Waals surface area contributed by atoms with Crippen LogP contribution < -0.4 is 14.8 Å². The molecule has 0 fully saturated rings.